The molecule has 1 unspecified atom stereocenters. The molecule has 43 heavy (non-hydrogen) atoms. The summed E-state index contributed by atoms with van der Waals surface area (Å²) in [5.74, 6) is 1.26. The van der Waals surface area contributed by atoms with Crippen molar-refractivity contribution in [3.8, 4) is 0 Å². The van der Waals surface area contributed by atoms with E-state index in [1.54, 1.807) is 0 Å². The molecule has 2 saturated heterocycles. The number of H-pyrrole nitrogens is 1. The fourth-order valence-corrected chi connectivity index (χ4v) is 6.36. The molecule has 2 fully saturated rings. The van der Waals surface area contributed by atoms with Crippen LogP contribution in [0.25, 0.3) is 5.65 Å². The molecule has 1 aromatic carbocycles. The van der Waals surface area contributed by atoms with Gasteiger partial charge in [-0.25, -0.2) is 4.98 Å². The van der Waals surface area contributed by atoms with E-state index in [0.29, 0.717) is 30.0 Å². The van der Waals surface area contributed by atoms with Crippen LogP contribution in [0.4, 0.5) is 17.5 Å². The van der Waals surface area contributed by atoms with Crippen LogP contribution < -0.4 is 16.0 Å². The van der Waals surface area contributed by atoms with Gasteiger partial charge in [0.1, 0.15) is 5.65 Å². The van der Waals surface area contributed by atoms with Crippen molar-refractivity contribution in [1.29, 1.82) is 0 Å². The Labute approximate surface area is 255 Å². The van der Waals surface area contributed by atoms with E-state index in [-0.39, 0.29) is 24.3 Å². The Balaban J connectivity index is 0.971. The molecule has 2 aliphatic heterocycles. The molecular weight excluding hydrogens is 564 g/mol. The second kappa shape index (κ2) is 13.6. The molecule has 6 rings (SSSR count). The third kappa shape index (κ3) is 7.72. The number of benzene rings is 1. The van der Waals surface area contributed by atoms with E-state index in [0.717, 1.165) is 54.5 Å². The zero-order valence-corrected chi connectivity index (χ0v) is 25.2. The van der Waals surface area contributed by atoms with Crippen molar-refractivity contribution in [3.05, 3.63) is 54.4 Å². The minimum atomic E-state index is -0.0853. The largest absolute Gasteiger partial charge is 0.355 e. The van der Waals surface area contributed by atoms with Gasteiger partial charge in [0.05, 0.1) is 12.5 Å². The van der Waals surface area contributed by atoms with E-state index in [1.165, 1.54) is 31.0 Å². The molecule has 4 N–H and O–H groups in total. The molecule has 1 atom stereocenters. The number of carbonyl (C=O) groups excluding carboxylic acids is 2. The van der Waals surface area contributed by atoms with Crippen molar-refractivity contribution in [1.82, 2.24) is 39.7 Å². The van der Waals surface area contributed by atoms with Gasteiger partial charge in [-0.2, -0.15) is 10.1 Å². The van der Waals surface area contributed by atoms with E-state index in [9.17, 15) is 9.59 Å². The lowest BCUT2D eigenvalue weighted by molar-refractivity contribution is -0.125. The van der Waals surface area contributed by atoms with Gasteiger partial charge in [0.2, 0.25) is 17.8 Å². The second-order valence-electron chi connectivity index (χ2n) is 11.2. The van der Waals surface area contributed by atoms with E-state index in [2.05, 4.69) is 40.9 Å². The minimum absolute atomic E-state index is 0.0576. The topological polar surface area (TPSA) is 136 Å². The number of rotatable bonds is 11. The van der Waals surface area contributed by atoms with Crippen LogP contribution in [-0.4, -0.2) is 92.0 Å². The molecule has 4 aromatic rings. The zero-order chi connectivity index (χ0) is 29.6. The quantitative estimate of drug-likeness (QED) is 0.203. The number of anilines is 3. The number of hydrogen-bond acceptors (Lipinski definition) is 9. The number of nitrogens with one attached hydrogen (secondary N) is 4. The third-order valence-electron chi connectivity index (χ3n) is 7.85. The molecule has 0 saturated carbocycles. The maximum Gasteiger partial charge on any atom is 0.238 e. The lowest BCUT2D eigenvalue weighted by atomic mass is 10.1. The molecule has 13 heteroatoms. The number of piperidine rings is 1. The molecule has 0 aliphatic carbocycles. The molecule has 12 nitrogen and oxygen atoms in total. The number of hydrogen-bond donors (Lipinski definition) is 4. The van der Waals surface area contributed by atoms with Gasteiger partial charge in [-0.05, 0) is 94.0 Å². The molecule has 2 amide bonds. The molecule has 2 aliphatic rings. The SMILES string of the molecule is Cc1cc(Nc2nc(Sc3ccc(NC(=O)CN4CCC(C(=O)NCCN5CCCCC5)C4)cc3)nc3cccn23)n[nH]1. The molecule has 0 radical (unpaired) electrons. The Hall–Kier alpha value is -3.94. The fraction of sp³-hybridized carbons (Fsp3) is 0.433. The van der Waals surface area contributed by atoms with Crippen LogP contribution in [0.3, 0.4) is 0 Å². The number of carbonyl (C=O) groups is 2. The molecular formula is C30H38N10O2S. The number of likely N-dealkylation sites (tertiary alicyclic amines) is 2. The summed E-state index contributed by atoms with van der Waals surface area (Å²) < 4.78 is 1.87. The Kier molecular flexibility index (Phi) is 9.20. The van der Waals surface area contributed by atoms with Crippen LogP contribution in [0, 0.1) is 12.8 Å². The van der Waals surface area contributed by atoms with Gasteiger partial charge < -0.3 is 20.9 Å². The first kappa shape index (κ1) is 29.1. The maximum atomic E-state index is 12.8. The molecule has 0 spiro atoms. The summed E-state index contributed by atoms with van der Waals surface area (Å²) in [6.07, 6.45) is 6.50. The van der Waals surface area contributed by atoms with Crippen molar-refractivity contribution in [2.75, 3.05) is 56.4 Å². The highest BCUT2D eigenvalue weighted by atomic mass is 32.2. The van der Waals surface area contributed by atoms with Crippen LogP contribution in [0.15, 0.2) is 58.7 Å². The van der Waals surface area contributed by atoms with Gasteiger partial charge in [-0.15, -0.1) is 0 Å². The first-order chi connectivity index (χ1) is 21.0. The number of fused-ring (bicyclic) bond motifs is 1. The van der Waals surface area contributed by atoms with Crippen LogP contribution in [-0.2, 0) is 9.59 Å². The van der Waals surface area contributed by atoms with Crippen LogP contribution >= 0.6 is 11.8 Å². The Bertz CT molecular complexity index is 1550. The van der Waals surface area contributed by atoms with Gasteiger partial charge in [-0.3, -0.25) is 24.0 Å². The van der Waals surface area contributed by atoms with E-state index in [4.69, 9.17) is 4.98 Å². The number of nitrogens with zero attached hydrogens (tertiary/aromatic N) is 6. The van der Waals surface area contributed by atoms with Crippen molar-refractivity contribution in [2.24, 2.45) is 5.92 Å². The summed E-state index contributed by atoms with van der Waals surface area (Å²) in [6, 6.07) is 13.4. The summed E-state index contributed by atoms with van der Waals surface area (Å²) in [5.41, 5.74) is 2.45. The average Bonchev–Trinajstić information content (AvgIpc) is 3.76. The zero-order valence-electron chi connectivity index (χ0n) is 24.4. The standard InChI is InChI=1S/C30H38N10O2S/c1-21-18-25(37-36-21)33-29-35-30(34-26-6-5-15-40(26)29)43-24-9-7-23(8-10-24)32-27(41)20-39-16-11-22(19-39)28(42)31-12-17-38-13-3-2-4-14-38/h5-10,15,18,22H,2-4,11-14,16-17,19-20H2,1H3,(H,31,42)(H,32,41)(H2,33,34,35,36,37). The second-order valence-corrected chi connectivity index (χ2v) is 12.3. The minimum Gasteiger partial charge on any atom is -0.355 e. The van der Waals surface area contributed by atoms with E-state index < -0.39 is 0 Å². The first-order valence-electron chi connectivity index (χ1n) is 14.9. The van der Waals surface area contributed by atoms with Crippen molar-refractivity contribution in [3.63, 3.8) is 0 Å². The van der Waals surface area contributed by atoms with E-state index >= 15 is 0 Å². The molecule has 226 valence electrons. The number of aromatic amines is 1. The van der Waals surface area contributed by atoms with Crippen LogP contribution in [0.5, 0.6) is 0 Å². The van der Waals surface area contributed by atoms with Gasteiger partial charge in [0.15, 0.2) is 11.0 Å². The number of amides is 2. The number of aryl methyl sites for hydroxylation is 1. The molecule has 3 aromatic heterocycles. The Morgan fingerprint density at radius 2 is 1.88 bits per heavy atom. The Morgan fingerprint density at radius 1 is 1.05 bits per heavy atom. The predicted octanol–water partition coefficient (Wildman–Crippen LogP) is 3.52. The smallest absolute Gasteiger partial charge is 0.238 e. The summed E-state index contributed by atoms with van der Waals surface area (Å²) in [5, 5.41) is 17.1. The summed E-state index contributed by atoms with van der Waals surface area (Å²) in [7, 11) is 0. The predicted molar refractivity (Wildman–Crippen MR) is 167 cm³/mol. The van der Waals surface area contributed by atoms with Crippen molar-refractivity contribution < 1.29 is 9.59 Å². The summed E-state index contributed by atoms with van der Waals surface area (Å²) in [4.78, 5) is 40.2. The van der Waals surface area contributed by atoms with Crippen LogP contribution in [0.2, 0.25) is 0 Å². The fourth-order valence-electron chi connectivity index (χ4n) is 5.61. The van der Waals surface area contributed by atoms with E-state index in [1.807, 2.05) is 60.0 Å². The Morgan fingerprint density at radius 3 is 2.67 bits per heavy atom. The first-order valence-corrected chi connectivity index (χ1v) is 15.7. The third-order valence-corrected chi connectivity index (χ3v) is 8.72. The van der Waals surface area contributed by atoms with Crippen LogP contribution in [0.1, 0.15) is 31.4 Å². The van der Waals surface area contributed by atoms with Crippen molar-refractivity contribution >= 4 is 46.7 Å². The molecule has 0 bridgehead atoms. The lowest BCUT2D eigenvalue weighted by Gasteiger charge is -2.26. The van der Waals surface area contributed by atoms with Gasteiger partial charge in [-0.1, -0.05) is 6.42 Å². The molecule has 5 heterocycles. The highest BCUT2D eigenvalue weighted by molar-refractivity contribution is 7.99. The van der Waals surface area contributed by atoms with Gasteiger partial charge in [0.25, 0.3) is 0 Å². The van der Waals surface area contributed by atoms with Gasteiger partial charge in [0, 0.05) is 48.2 Å². The average molecular weight is 603 g/mol. The maximum absolute atomic E-state index is 12.8. The lowest BCUT2D eigenvalue weighted by Crippen LogP contribution is -2.40. The highest BCUT2D eigenvalue weighted by Gasteiger charge is 2.29. The number of aromatic nitrogens is 5. The summed E-state index contributed by atoms with van der Waals surface area (Å²) >= 11 is 1.44. The highest BCUT2D eigenvalue weighted by Crippen LogP contribution is 2.28. The monoisotopic (exact) mass is 602 g/mol. The van der Waals surface area contributed by atoms with Crippen molar-refractivity contribution in [2.45, 2.75) is 42.7 Å². The van der Waals surface area contributed by atoms with Gasteiger partial charge >= 0.3 is 0 Å². The summed E-state index contributed by atoms with van der Waals surface area (Å²) in [6.45, 7) is 7.45. The normalized spacial score (nSPS) is 17.7.